The Morgan fingerprint density at radius 1 is 1.33 bits per heavy atom. The smallest absolute Gasteiger partial charge is 0.279 e. The molecular formula is C19H15BrN2O4S. The van der Waals surface area contributed by atoms with E-state index in [2.05, 4.69) is 26.2 Å². The Hall–Kier alpha value is -2.58. The van der Waals surface area contributed by atoms with Crippen LogP contribution in [0.2, 0.25) is 0 Å². The Labute approximate surface area is 168 Å². The highest BCUT2D eigenvalue weighted by molar-refractivity contribution is 9.10. The lowest BCUT2D eigenvalue weighted by Crippen LogP contribution is -2.20. The molecule has 1 saturated heterocycles. The van der Waals surface area contributed by atoms with Crippen molar-refractivity contribution in [2.24, 2.45) is 4.99 Å². The van der Waals surface area contributed by atoms with Gasteiger partial charge in [0.2, 0.25) is 0 Å². The number of phenolic OH excluding ortho intramolecular Hbond substituents is 1. The summed E-state index contributed by atoms with van der Waals surface area (Å²) in [5.74, 6) is -0.457. The van der Waals surface area contributed by atoms with Gasteiger partial charge in [0.15, 0.2) is 16.7 Å². The van der Waals surface area contributed by atoms with Crippen molar-refractivity contribution in [3.8, 4) is 11.5 Å². The SMILES string of the molecule is CCOc1cc(/C=C2\SC(=NC(=O)c3ccccc3)NC2=O)cc(Br)c1O. The van der Waals surface area contributed by atoms with Crippen molar-refractivity contribution in [2.45, 2.75) is 6.92 Å². The summed E-state index contributed by atoms with van der Waals surface area (Å²) < 4.78 is 5.84. The van der Waals surface area contributed by atoms with Crippen molar-refractivity contribution in [3.63, 3.8) is 0 Å². The number of aromatic hydroxyl groups is 1. The number of nitrogens with zero attached hydrogens (tertiary/aromatic N) is 1. The van der Waals surface area contributed by atoms with Gasteiger partial charge >= 0.3 is 0 Å². The van der Waals surface area contributed by atoms with Crippen LogP contribution in [0.15, 0.2) is 56.8 Å². The third-order valence-corrected chi connectivity index (χ3v) is 5.04. The first-order chi connectivity index (χ1) is 13.0. The molecule has 0 saturated carbocycles. The summed E-state index contributed by atoms with van der Waals surface area (Å²) in [6.07, 6.45) is 1.64. The number of amidine groups is 1. The van der Waals surface area contributed by atoms with Crippen molar-refractivity contribution in [2.75, 3.05) is 6.61 Å². The second-order valence-corrected chi connectivity index (χ2v) is 7.32. The minimum atomic E-state index is -0.425. The lowest BCUT2D eigenvalue weighted by atomic mass is 10.2. The Balaban J connectivity index is 1.83. The van der Waals surface area contributed by atoms with Crippen LogP contribution in [0.1, 0.15) is 22.8 Å². The zero-order valence-corrected chi connectivity index (χ0v) is 16.6. The van der Waals surface area contributed by atoms with E-state index < -0.39 is 5.91 Å². The first kappa shape index (κ1) is 19.2. The number of halogens is 1. The molecule has 6 nitrogen and oxygen atoms in total. The van der Waals surface area contributed by atoms with Crippen LogP contribution < -0.4 is 10.1 Å². The highest BCUT2D eigenvalue weighted by atomic mass is 79.9. The molecule has 1 fully saturated rings. The Kier molecular flexibility index (Phi) is 5.98. The summed E-state index contributed by atoms with van der Waals surface area (Å²) in [4.78, 5) is 28.7. The first-order valence-electron chi connectivity index (χ1n) is 8.02. The maximum atomic E-state index is 12.2. The number of amides is 2. The number of phenols is 1. The van der Waals surface area contributed by atoms with Gasteiger partial charge in [0.1, 0.15) is 0 Å². The van der Waals surface area contributed by atoms with Crippen molar-refractivity contribution >= 4 is 50.7 Å². The maximum Gasteiger partial charge on any atom is 0.279 e. The van der Waals surface area contributed by atoms with Gasteiger partial charge in [-0.2, -0.15) is 4.99 Å². The van der Waals surface area contributed by atoms with Crippen LogP contribution >= 0.6 is 27.7 Å². The number of ether oxygens (including phenoxy) is 1. The molecule has 0 aromatic heterocycles. The molecule has 0 bridgehead atoms. The maximum absolute atomic E-state index is 12.2. The normalized spacial score (nSPS) is 16.6. The van der Waals surface area contributed by atoms with E-state index in [0.29, 0.717) is 32.9 Å². The summed E-state index contributed by atoms with van der Waals surface area (Å²) in [6, 6.07) is 11.9. The molecule has 1 heterocycles. The zero-order chi connectivity index (χ0) is 19.4. The molecule has 138 valence electrons. The molecule has 2 aromatic carbocycles. The van der Waals surface area contributed by atoms with Crippen LogP contribution in [-0.4, -0.2) is 28.7 Å². The van der Waals surface area contributed by atoms with E-state index in [0.717, 1.165) is 11.8 Å². The van der Waals surface area contributed by atoms with Crippen LogP contribution in [-0.2, 0) is 4.79 Å². The number of rotatable bonds is 4. The van der Waals surface area contributed by atoms with E-state index in [1.54, 1.807) is 42.5 Å². The number of carbonyl (C=O) groups is 2. The van der Waals surface area contributed by atoms with Gasteiger partial charge in [-0.3, -0.25) is 9.59 Å². The summed E-state index contributed by atoms with van der Waals surface area (Å²) in [5, 5.41) is 12.8. The topological polar surface area (TPSA) is 88.0 Å². The standard InChI is InChI=1S/C19H15BrN2O4S/c1-2-26-14-9-11(8-13(20)16(14)23)10-15-18(25)22-19(27-15)21-17(24)12-6-4-3-5-7-12/h3-10,23H,2H2,1H3,(H,21,22,24,25)/b15-10-. The zero-order valence-electron chi connectivity index (χ0n) is 14.2. The van der Waals surface area contributed by atoms with Crippen LogP contribution in [0.3, 0.4) is 0 Å². The molecule has 0 radical (unpaired) electrons. The number of aliphatic imine (C=N–C) groups is 1. The molecule has 0 atom stereocenters. The van der Waals surface area contributed by atoms with Crippen molar-refractivity contribution in [1.82, 2.24) is 5.32 Å². The first-order valence-corrected chi connectivity index (χ1v) is 9.63. The van der Waals surface area contributed by atoms with E-state index in [-0.39, 0.29) is 16.8 Å². The fourth-order valence-electron chi connectivity index (χ4n) is 2.31. The Morgan fingerprint density at radius 2 is 2.07 bits per heavy atom. The molecule has 0 spiro atoms. The summed E-state index contributed by atoms with van der Waals surface area (Å²) >= 11 is 4.34. The van der Waals surface area contributed by atoms with Crippen molar-refractivity contribution in [3.05, 3.63) is 63.0 Å². The minimum Gasteiger partial charge on any atom is -0.503 e. The highest BCUT2D eigenvalue weighted by Crippen LogP contribution is 2.37. The fourth-order valence-corrected chi connectivity index (χ4v) is 3.59. The van der Waals surface area contributed by atoms with Gasteiger partial charge in [-0.1, -0.05) is 18.2 Å². The second kappa shape index (κ2) is 8.41. The molecule has 2 amide bonds. The molecule has 0 unspecified atom stereocenters. The number of nitrogens with one attached hydrogen (secondary N) is 1. The molecule has 1 aliphatic rings. The van der Waals surface area contributed by atoms with E-state index >= 15 is 0 Å². The minimum absolute atomic E-state index is 0.00163. The molecule has 1 aliphatic heterocycles. The molecule has 2 N–H and O–H groups in total. The lowest BCUT2D eigenvalue weighted by molar-refractivity contribution is -0.115. The van der Waals surface area contributed by atoms with Gasteiger partial charge in [-0.05, 0) is 70.5 Å². The van der Waals surface area contributed by atoms with E-state index in [1.807, 2.05) is 13.0 Å². The largest absolute Gasteiger partial charge is 0.503 e. The molecule has 27 heavy (non-hydrogen) atoms. The van der Waals surface area contributed by atoms with Crippen LogP contribution in [0, 0.1) is 0 Å². The third kappa shape index (κ3) is 4.58. The van der Waals surface area contributed by atoms with Gasteiger partial charge in [-0.25, -0.2) is 0 Å². The quantitative estimate of drug-likeness (QED) is 0.693. The van der Waals surface area contributed by atoms with Crippen molar-refractivity contribution < 1.29 is 19.4 Å². The van der Waals surface area contributed by atoms with E-state index in [4.69, 9.17) is 4.74 Å². The van der Waals surface area contributed by atoms with Gasteiger partial charge in [0, 0.05) is 5.56 Å². The highest BCUT2D eigenvalue weighted by Gasteiger charge is 2.25. The van der Waals surface area contributed by atoms with Crippen LogP contribution in [0.25, 0.3) is 6.08 Å². The summed E-state index contributed by atoms with van der Waals surface area (Å²) in [7, 11) is 0. The number of hydrogen-bond donors (Lipinski definition) is 2. The summed E-state index contributed by atoms with van der Waals surface area (Å²) in [6.45, 7) is 2.21. The monoisotopic (exact) mass is 446 g/mol. The lowest BCUT2D eigenvalue weighted by Gasteiger charge is -2.08. The van der Waals surface area contributed by atoms with Crippen LogP contribution in [0.5, 0.6) is 11.5 Å². The number of hydrogen-bond acceptors (Lipinski definition) is 5. The predicted octanol–water partition coefficient (Wildman–Crippen LogP) is 3.95. The third-order valence-electron chi connectivity index (χ3n) is 3.52. The molecule has 8 heteroatoms. The summed E-state index contributed by atoms with van der Waals surface area (Å²) in [5.41, 5.74) is 1.11. The number of thioether (sulfide) groups is 1. The number of carbonyl (C=O) groups excluding carboxylic acids is 2. The van der Waals surface area contributed by atoms with Gasteiger partial charge in [0.25, 0.3) is 11.8 Å². The average molecular weight is 447 g/mol. The predicted molar refractivity (Wildman–Crippen MR) is 109 cm³/mol. The Morgan fingerprint density at radius 3 is 2.78 bits per heavy atom. The molecule has 2 aromatic rings. The van der Waals surface area contributed by atoms with Crippen LogP contribution in [0.4, 0.5) is 0 Å². The van der Waals surface area contributed by atoms with E-state index in [9.17, 15) is 14.7 Å². The molecular weight excluding hydrogens is 432 g/mol. The average Bonchev–Trinajstić information content (AvgIpc) is 2.99. The number of benzene rings is 2. The van der Waals surface area contributed by atoms with E-state index in [1.165, 1.54) is 0 Å². The van der Waals surface area contributed by atoms with Gasteiger partial charge < -0.3 is 15.2 Å². The Bertz CT molecular complexity index is 958. The van der Waals surface area contributed by atoms with Gasteiger partial charge in [0.05, 0.1) is 16.0 Å². The molecule has 0 aliphatic carbocycles. The second-order valence-electron chi connectivity index (χ2n) is 5.44. The fraction of sp³-hybridized carbons (Fsp3) is 0.105. The van der Waals surface area contributed by atoms with Crippen molar-refractivity contribution in [1.29, 1.82) is 0 Å². The molecule has 3 rings (SSSR count). The van der Waals surface area contributed by atoms with Gasteiger partial charge in [-0.15, -0.1) is 0 Å².